The fourth-order valence-corrected chi connectivity index (χ4v) is 2.21. The van der Waals surface area contributed by atoms with Gasteiger partial charge >= 0.3 is 23.9 Å². The maximum Gasteiger partial charge on any atom is 0.309 e. The molecule has 8 heteroatoms. The summed E-state index contributed by atoms with van der Waals surface area (Å²) in [6, 6.07) is 0. The lowest BCUT2D eigenvalue weighted by atomic mass is 9.79. The molecule has 0 bridgehead atoms. The molecule has 0 aliphatic carbocycles. The fourth-order valence-electron chi connectivity index (χ4n) is 2.21. The van der Waals surface area contributed by atoms with Gasteiger partial charge in [-0.05, 0) is 12.8 Å². The molecule has 0 amide bonds. The molecule has 120 valence electrons. The summed E-state index contributed by atoms with van der Waals surface area (Å²) in [5.41, 5.74) is 0. The number of ether oxygens (including phenoxy) is 1. The van der Waals surface area contributed by atoms with Crippen LogP contribution in [-0.4, -0.2) is 46.3 Å². The normalized spacial score (nSPS) is 16.3. The molecule has 0 saturated carbocycles. The summed E-state index contributed by atoms with van der Waals surface area (Å²) in [5.74, 6) is -9.84. The van der Waals surface area contributed by atoms with Gasteiger partial charge in [0.05, 0.1) is 30.8 Å². The molecule has 8 nitrogen and oxygen atoms in total. The minimum atomic E-state index is -1.40. The Bertz CT molecular complexity index is 416. The van der Waals surface area contributed by atoms with Crippen LogP contribution in [0.4, 0.5) is 0 Å². The molecule has 0 aromatic carbocycles. The van der Waals surface area contributed by atoms with Gasteiger partial charge in [-0.1, -0.05) is 13.8 Å². The van der Waals surface area contributed by atoms with Crippen LogP contribution in [0.25, 0.3) is 0 Å². The monoisotopic (exact) mass is 304 g/mol. The quantitative estimate of drug-likeness (QED) is 0.529. The van der Waals surface area contributed by atoms with Crippen molar-refractivity contribution in [2.75, 3.05) is 7.11 Å². The van der Waals surface area contributed by atoms with Gasteiger partial charge in [-0.25, -0.2) is 0 Å². The third kappa shape index (κ3) is 5.05. The minimum absolute atomic E-state index is 0.0469. The van der Waals surface area contributed by atoms with Crippen molar-refractivity contribution >= 4 is 23.9 Å². The van der Waals surface area contributed by atoms with Gasteiger partial charge in [0.25, 0.3) is 0 Å². The average Bonchev–Trinajstić information content (AvgIpc) is 2.40. The molecule has 0 rings (SSSR count). The summed E-state index contributed by atoms with van der Waals surface area (Å²) in [5, 5.41) is 27.4. The van der Waals surface area contributed by atoms with Gasteiger partial charge in [0.1, 0.15) is 0 Å². The fraction of sp³-hybridized carbons (Fsp3) is 0.692. The Morgan fingerprint density at radius 1 is 0.905 bits per heavy atom. The molecule has 0 fully saturated rings. The molecule has 3 N–H and O–H groups in total. The van der Waals surface area contributed by atoms with E-state index in [4.69, 9.17) is 15.3 Å². The molecule has 0 saturated heterocycles. The standard InChI is InChI=1S/C13H20O8/c1-4-7(10(14)15)9(12(18)19)5-8(11(16)17)6(2)13(20)21-3/h6-9H,4-5H2,1-3H3,(H,14,15)(H,16,17)(H,18,19). The predicted octanol–water partition coefficient (Wildman–Crippen LogP) is 0.698. The van der Waals surface area contributed by atoms with E-state index >= 15 is 0 Å². The van der Waals surface area contributed by atoms with Crippen LogP contribution in [0.3, 0.4) is 0 Å². The molecule has 0 spiro atoms. The number of methoxy groups -OCH3 is 1. The molecule has 0 heterocycles. The molecular weight excluding hydrogens is 284 g/mol. The molecule has 4 unspecified atom stereocenters. The Morgan fingerprint density at radius 3 is 1.62 bits per heavy atom. The third-order valence-corrected chi connectivity index (χ3v) is 3.56. The molecule has 21 heavy (non-hydrogen) atoms. The lowest BCUT2D eigenvalue weighted by Gasteiger charge is -2.24. The minimum Gasteiger partial charge on any atom is -0.481 e. The van der Waals surface area contributed by atoms with Crippen LogP contribution in [0.5, 0.6) is 0 Å². The lowest BCUT2D eigenvalue weighted by molar-refractivity contribution is -0.160. The summed E-state index contributed by atoms with van der Waals surface area (Å²) in [6.45, 7) is 2.82. The number of hydrogen-bond acceptors (Lipinski definition) is 5. The van der Waals surface area contributed by atoms with E-state index in [1.807, 2.05) is 0 Å². The SMILES string of the molecule is CCC(C(=O)O)C(CC(C(=O)O)C(C)C(=O)OC)C(=O)O. The highest BCUT2D eigenvalue weighted by molar-refractivity contribution is 5.83. The van der Waals surface area contributed by atoms with E-state index in [1.165, 1.54) is 13.8 Å². The Balaban J connectivity index is 5.35. The van der Waals surface area contributed by atoms with Gasteiger partial charge in [-0.3, -0.25) is 19.2 Å². The van der Waals surface area contributed by atoms with Crippen molar-refractivity contribution < 1.29 is 39.2 Å². The number of rotatable bonds is 9. The third-order valence-electron chi connectivity index (χ3n) is 3.56. The van der Waals surface area contributed by atoms with Gasteiger partial charge in [-0.2, -0.15) is 0 Å². The smallest absolute Gasteiger partial charge is 0.309 e. The summed E-state index contributed by atoms with van der Waals surface area (Å²) in [6.07, 6.45) is -0.406. The summed E-state index contributed by atoms with van der Waals surface area (Å²) in [4.78, 5) is 45.0. The number of aliphatic carboxylic acids is 3. The summed E-state index contributed by atoms with van der Waals surface area (Å²) in [7, 11) is 1.10. The molecule has 0 aliphatic rings. The van der Waals surface area contributed by atoms with Crippen molar-refractivity contribution in [2.45, 2.75) is 26.7 Å². The molecule has 0 aromatic heterocycles. The highest BCUT2D eigenvalue weighted by Crippen LogP contribution is 2.29. The Morgan fingerprint density at radius 2 is 1.33 bits per heavy atom. The topological polar surface area (TPSA) is 138 Å². The van der Waals surface area contributed by atoms with E-state index < -0.39 is 54.0 Å². The van der Waals surface area contributed by atoms with Crippen LogP contribution < -0.4 is 0 Å². The first kappa shape index (κ1) is 18.9. The number of esters is 1. The zero-order valence-corrected chi connectivity index (χ0v) is 12.1. The highest BCUT2D eigenvalue weighted by Gasteiger charge is 2.40. The number of carbonyl (C=O) groups excluding carboxylic acids is 1. The van der Waals surface area contributed by atoms with Gasteiger partial charge < -0.3 is 20.1 Å². The first-order valence-electron chi connectivity index (χ1n) is 6.43. The van der Waals surface area contributed by atoms with Gasteiger partial charge in [0, 0.05) is 0 Å². The van der Waals surface area contributed by atoms with E-state index in [9.17, 15) is 19.2 Å². The highest BCUT2D eigenvalue weighted by atomic mass is 16.5. The second-order valence-electron chi connectivity index (χ2n) is 4.79. The molecule has 0 radical (unpaired) electrons. The van der Waals surface area contributed by atoms with Crippen molar-refractivity contribution in [3.05, 3.63) is 0 Å². The Hall–Kier alpha value is -2.12. The number of carboxylic acid groups (broad SMARTS) is 3. The maximum absolute atomic E-state index is 11.4. The lowest BCUT2D eigenvalue weighted by Crippen LogP contribution is -2.36. The zero-order valence-electron chi connectivity index (χ0n) is 12.1. The van der Waals surface area contributed by atoms with Gasteiger partial charge in [0.15, 0.2) is 0 Å². The van der Waals surface area contributed by atoms with Crippen molar-refractivity contribution in [2.24, 2.45) is 23.7 Å². The molecule has 0 aromatic rings. The predicted molar refractivity (Wildman–Crippen MR) is 69.5 cm³/mol. The van der Waals surface area contributed by atoms with Crippen LogP contribution in [0, 0.1) is 23.7 Å². The largest absolute Gasteiger partial charge is 0.481 e. The second kappa shape index (κ2) is 8.23. The average molecular weight is 304 g/mol. The Labute approximate surface area is 121 Å². The maximum atomic E-state index is 11.4. The van der Waals surface area contributed by atoms with E-state index in [1.54, 1.807) is 0 Å². The van der Waals surface area contributed by atoms with E-state index in [-0.39, 0.29) is 6.42 Å². The van der Waals surface area contributed by atoms with Crippen LogP contribution in [0.2, 0.25) is 0 Å². The molecule has 0 aliphatic heterocycles. The first-order chi connectivity index (χ1) is 9.67. The van der Waals surface area contributed by atoms with Crippen molar-refractivity contribution in [3.8, 4) is 0 Å². The second-order valence-corrected chi connectivity index (χ2v) is 4.79. The molecular formula is C13H20O8. The van der Waals surface area contributed by atoms with Crippen LogP contribution in [-0.2, 0) is 23.9 Å². The van der Waals surface area contributed by atoms with E-state index in [2.05, 4.69) is 4.74 Å². The number of carbonyl (C=O) groups is 4. The van der Waals surface area contributed by atoms with Crippen molar-refractivity contribution in [3.63, 3.8) is 0 Å². The summed E-state index contributed by atoms with van der Waals surface area (Å²) < 4.78 is 4.45. The Kier molecular flexibility index (Phi) is 7.40. The van der Waals surface area contributed by atoms with E-state index in [0.29, 0.717) is 0 Å². The molecule has 4 atom stereocenters. The van der Waals surface area contributed by atoms with Crippen LogP contribution >= 0.6 is 0 Å². The number of hydrogen-bond donors (Lipinski definition) is 3. The number of carboxylic acids is 3. The van der Waals surface area contributed by atoms with Crippen LogP contribution in [0.1, 0.15) is 26.7 Å². The zero-order chi connectivity index (χ0) is 16.7. The van der Waals surface area contributed by atoms with Crippen molar-refractivity contribution in [1.29, 1.82) is 0 Å². The van der Waals surface area contributed by atoms with Gasteiger partial charge in [0.2, 0.25) is 0 Å². The van der Waals surface area contributed by atoms with Crippen LogP contribution in [0.15, 0.2) is 0 Å². The summed E-state index contributed by atoms with van der Waals surface area (Å²) >= 11 is 0. The first-order valence-corrected chi connectivity index (χ1v) is 6.43. The van der Waals surface area contributed by atoms with Crippen molar-refractivity contribution in [1.82, 2.24) is 0 Å². The van der Waals surface area contributed by atoms with Gasteiger partial charge in [-0.15, -0.1) is 0 Å². The van der Waals surface area contributed by atoms with E-state index in [0.717, 1.165) is 7.11 Å².